The smallest absolute Gasteiger partial charge is 0.0888 e. The highest BCUT2D eigenvalue weighted by Crippen LogP contribution is 1.76. The van der Waals surface area contributed by atoms with Gasteiger partial charge in [0.15, 0.2) is 0 Å². The first-order valence-electron chi connectivity index (χ1n) is 3.00. The van der Waals surface area contributed by atoms with Crippen molar-refractivity contribution in [3.63, 3.8) is 0 Å². The van der Waals surface area contributed by atoms with Crippen LogP contribution in [-0.4, -0.2) is 25.5 Å². The van der Waals surface area contributed by atoms with Crippen LogP contribution in [0.5, 0.6) is 0 Å². The van der Waals surface area contributed by atoms with Crippen molar-refractivity contribution in [2.24, 2.45) is 0 Å². The molecule has 0 saturated heterocycles. The molecule has 0 aliphatic rings. The summed E-state index contributed by atoms with van der Waals surface area (Å²) < 4.78 is 0. The van der Waals surface area contributed by atoms with Gasteiger partial charge in [-0.25, -0.2) is 0 Å². The second-order valence-electron chi connectivity index (χ2n) is 2.05. The summed E-state index contributed by atoms with van der Waals surface area (Å²) in [6.07, 6.45) is 1.18. The Morgan fingerprint density at radius 2 is 2.12 bits per heavy atom. The van der Waals surface area contributed by atoms with Crippen LogP contribution in [0.2, 0.25) is 0 Å². The molecule has 0 saturated carbocycles. The fourth-order valence-electron chi connectivity index (χ4n) is 0.391. The van der Waals surface area contributed by atoms with Crippen molar-refractivity contribution in [2.45, 2.75) is 13.3 Å². The third-order valence-corrected chi connectivity index (χ3v) is 0.744. The van der Waals surface area contributed by atoms with Crippen LogP contribution in [0.3, 0.4) is 0 Å². The molecule has 1 radical (unpaired) electrons. The Hall–Kier alpha value is -0.0800. The standard InChI is InChI=1S/C6H15N2/c1-4-5-7-6-8(2)3/h6-7H,4-5H2,1-3H3. The molecule has 0 aromatic rings. The van der Waals surface area contributed by atoms with Gasteiger partial charge in [-0.1, -0.05) is 6.92 Å². The summed E-state index contributed by atoms with van der Waals surface area (Å²) >= 11 is 0. The molecule has 2 nitrogen and oxygen atoms in total. The minimum atomic E-state index is 1.07. The highest BCUT2D eigenvalue weighted by atomic mass is 15.2. The average Bonchev–Trinajstić information content (AvgIpc) is 1.66. The summed E-state index contributed by atoms with van der Waals surface area (Å²) in [5, 5.41) is 3.14. The molecule has 0 rings (SSSR count). The Morgan fingerprint density at radius 3 is 2.50 bits per heavy atom. The predicted octanol–water partition coefficient (Wildman–Crippen LogP) is 0.667. The number of rotatable bonds is 4. The molecule has 0 fully saturated rings. The van der Waals surface area contributed by atoms with E-state index in [0.29, 0.717) is 0 Å². The van der Waals surface area contributed by atoms with Crippen molar-refractivity contribution in [2.75, 3.05) is 20.6 Å². The van der Waals surface area contributed by atoms with Gasteiger partial charge in [-0.05, 0) is 27.1 Å². The molecule has 0 aromatic heterocycles. The summed E-state index contributed by atoms with van der Waals surface area (Å²) in [7, 11) is 4.01. The summed E-state index contributed by atoms with van der Waals surface area (Å²) in [6, 6.07) is 0. The minimum absolute atomic E-state index is 1.07. The Labute approximate surface area is 51.9 Å². The van der Waals surface area contributed by atoms with Gasteiger partial charge in [0.25, 0.3) is 0 Å². The summed E-state index contributed by atoms with van der Waals surface area (Å²) in [5.74, 6) is 0. The highest BCUT2D eigenvalue weighted by Gasteiger charge is 1.85. The zero-order valence-electron chi connectivity index (χ0n) is 5.94. The van der Waals surface area contributed by atoms with Gasteiger partial charge in [-0.15, -0.1) is 0 Å². The molecular formula is C6H15N2. The molecule has 0 amide bonds. The van der Waals surface area contributed by atoms with E-state index < -0.39 is 0 Å². The van der Waals surface area contributed by atoms with Crippen molar-refractivity contribution in [3.8, 4) is 0 Å². The van der Waals surface area contributed by atoms with Gasteiger partial charge in [0, 0.05) is 0 Å². The van der Waals surface area contributed by atoms with E-state index in [0.717, 1.165) is 6.54 Å². The summed E-state index contributed by atoms with van der Waals surface area (Å²) in [5.41, 5.74) is 0. The van der Waals surface area contributed by atoms with E-state index in [2.05, 4.69) is 12.2 Å². The van der Waals surface area contributed by atoms with Crippen LogP contribution in [0.25, 0.3) is 0 Å². The van der Waals surface area contributed by atoms with E-state index in [1.807, 2.05) is 25.7 Å². The van der Waals surface area contributed by atoms with Crippen LogP contribution in [-0.2, 0) is 0 Å². The van der Waals surface area contributed by atoms with E-state index in [9.17, 15) is 0 Å². The largest absolute Gasteiger partial charge is 0.299 e. The topological polar surface area (TPSA) is 15.3 Å². The number of hydrogen-bond donors (Lipinski definition) is 1. The Bertz CT molecular complexity index is 43.8. The molecule has 0 aliphatic heterocycles. The van der Waals surface area contributed by atoms with Crippen LogP contribution >= 0.6 is 0 Å². The maximum absolute atomic E-state index is 3.14. The fourth-order valence-corrected chi connectivity index (χ4v) is 0.391. The van der Waals surface area contributed by atoms with E-state index in [1.54, 1.807) is 0 Å². The molecule has 8 heavy (non-hydrogen) atoms. The molecule has 0 spiro atoms. The monoisotopic (exact) mass is 115 g/mol. The quantitative estimate of drug-likeness (QED) is 0.542. The van der Waals surface area contributed by atoms with Crippen molar-refractivity contribution < 1.29 is 0 Å². The van der Waals surface area contributed by atoms with Crippen LogP contribution in [0.15, 0.2) is 0 Å². The molecule has 0 unspecified atom stereocenters. The second-order valence-corrected chi connectivity index (χ2v) is 2.05. The van der Waals surface area contributed by atoms with Gasteiger partial charge < -0.3 is 0 Å². The maximum Gasteiger partial charge on any atom is 0.0888 e. The summed E-state index contributed by atoms with van der Waals surface area (Å²) in [6.45, 7) is 5.18. The lowest BCUT2D eigenvalue weighted by Gasteiger charge is -2.07. The lowest BCUT2D eigenvalue weighted by atomic mass is 10.5. The van der Waals surface area contributed by atoms with E-state index in [-0.39, 0.29) is 0 Å². The van der Waals surface area contributed by atoms with Gasteiger partial charge in [0.2, 0.25) is 0 Å². The Kier molecular flexibility index (Phi) is 5.01. The first-order chi connectivity index (χ1) is 3.77. The number of nitrogens with one attached hydrogen (secondary N) is 1. The van der Waals surface area contributed by atoms with E-state index >= 15 is 0 Å². The third-order valence-electron chi connectivity index (χ3n) is 0.744. The van der Waals surface area contributed by atoms with Crippen molar-refractivity contribution in [1.29, 1.82) is 0 Å². The average molecular weight is 115 g/mol. The van der Waals surface area contributed by atoms with Gasteiger partial charge in [-0.2, -0.15) is 0 Å². The highest BCUT2D eigenvalue weighted by molar-refractivity contribution is 4.55. The molecule has 0 heterocycles. The predicted molar refractivity (Wildman–Crippen MR) is 36.3 cm³/mol. The lowest BCUT2D eigenvalue weighted by molar-refractivity contribution is 0.448. The molecule has 49 valence electrons. The van der Waals surface area contributed by atoms with Crippen LogP contribution < -0.4 is 5.32 Å². The molecule has 0 bridgehead atoms. The van der Waals surface area contributed by atoms with E-state index in [4.69, 9.17) is 0 Å². The third kappa shape index (κ3) is 5.92. The SMILES string of the molecule is CCCN[CH]N(C)C. The van der Waals surface area contributed by atoms with Crippen molar-refractivity contribution in [1.82, 2.24) is 10.2 Å². The maximum atomic E-state index is 3.14. The van der Waals surface area contributed by atoms with Crippen molar-refractivity contribution >= 4 is 0 Å². The number of hydrogen-bond acceptors (Lipinski definition) is 2. The molecule has 0 aliphatic carbocycles. The molecule has 0 aromatic carbocycles. The minimum Gasteiger partial charge on any atom is -0.299 e. The fraction of sp³-hybridized carbons (Fsp3) is 0.833. The normalized spacial score (nSPS) is 10.5. The molecular weight excluding hydrogens is 100 g/mol. The van der Waals surface area contributed by atoms with Crippen molar-refractivity contribution in [3.05, 3.63) is 6.67 Å². The molecule has 1 N–H and O–H groups in total. The van der Waals surface area contributed by atoms with Gasteiger partial charge in [0.05, 0.1) is 6.67 Å². The summed E-state index contributed by atoms with van der Waals surface area (Å²) in [4.78, 5) is 2.00. The molecule has 0 atom stereocenters. The Morgan fingerprint density at radius 1 is 1.50 bits per heavy atom. The lowest BCUT2D eigenvalue weighted by Crippen LogP contribution is -2.22. The van der Waals surface area contributed by atoms with Crippen LogP contribution in [0.4, 0.5) is 0 Å². The van der Waals surface area contributed by atoms with Crippen LogP contribution in [0, 0.1) is 6.67 Å². The second kappa shape index (κ2) is 5.06. The van der Waals surface area contributed by atoms with Gasteiger partial charge in [0.1, 0.15) is 0 Å². The molecule has 2 heteroatoms. The first-order valence-corrected chi connectivity index (χ1v) is 3.00. The van der Waals surface area contributed by atoms with E-state index in [1.165, 1.54) is 6.42 Å². The zero-order chi connectivity index (χ0) is 6.41. The Balaban J connectivity index is 2.72. The first kappa shape index (κ1) is 7.92. The van der Waals surface area contributed by atoms with Crippen LogP contribution in [0.1, 0.15) is 13.3 Å². The zero-order valence-corrected chi connectivity index (χ0v) is 5.94. The number of nitrogens with zero attached hydrogens (tertiary/aromatic N) is 1. The van der Waals surface area contributed by atoms with Gasteiger partial charge >= 0.3 is 0 Å². The van der Waals surface area contributed by atoms with Gasteiger partial charge in [-0.3, -0.25) is 10.2 Å².